The van der Waals surface area contributed by atoms with Crippen molar-refractivity contribution in [2.24, 2.45) is 5.92 Å². The maximum atomic E-state index is 11.9. The van der Waals surface area contributed by atoms with Gasteiger partial charge >= 0.3 is 0 Å². The minimum absolute atomic E-state index is 0.202. The summed E-state index contributed by atoms with van der Waals surface area (Å²) in [6.45, 7) is 5.94. The van der Waals surface area contributed by atoms with E-state index in [1.54, 1.807) is 0 Å². The van der Waals surface area contributed by atoms with E-state index in [1.165, 1.54) is 17.5 Å². The molecule has 1 aliphatic heterocycles. The van der Waals surface area contributed by atoms with Crippen molar-refractivity contribution in [1.29, 1.82) is 0 Å². The summed E-state index contributed by atoms with van der Waals surface area (Å²) < 4.78 is 0. The molecule has 1 aliphatic carbocycles. The zero-order valence-corrected chi connectivity index (χ0v) is 9.86. The van der Waals surface area contributed by atoms with E-state index < -0.39 is 0 Å². The fraction of sp³-hybridized carbons (Fsp3) is 0.500. The lowest BCUT2D eigenvalue weighted by molar-refractivity contribution is 0.0787. The van der Waals surface area contributed by atoms with E-state index in [0.717, 1.165) is 30.5 Å². The highest BCUT2D eigenvalue weighted by atomic mass is 16.2. The molecule has 0 saturated heterocycles. The summed E-state index contributed by atoms with van der Waals surface area (Å²) in [6, 6.07) is 6.41. The van der Waals surface area contributed by atoms with Crippen LogP contribution in [0.25, 0.3) is 0 Å². The second kappa shape index (κ2) is 3.34. The molecule has 2 atom stereocenters. The minimum atomic E-state index is 0.202. The predicted molar refractivity (Wildman–Crippen MR) is 63.4 cm³/mol. The van der Waals surface area contributed by atoms with Crippen molar-refractivity contribution in [2.75, 3.05) is 6.54 Å². The summed E-state index contributed by atoms with van der Waals surface area (Å²) >= 11 is 0. The highest BCUT2D eigenvalue weighted by Crippen LogP contribution is 2.47. The highest BCUT2D eigenvalue weighted by molar-refractivity contribution is 5.98. The van der Waals surface area contributed by atoms with Crippen molar-refractivity contribution in [3.63, 3.8) is 0 Å². The van der Waals surface area contributed by atoms with Crippen LogP contribution in [0, 0.1) is 5.92 Å². The van der Waals surface area contributed by atoms with Crippen LogP contribution in [0.15, 0.2) is 18.2 Å². The number of fused-ring (bicyclic) bond motifs is 1. The fourth-order valence-electron chi connectivity index (χ4n) is 2.67. The Morgan fingerprint density at radius 1 is 1.44 bits per heavy atom. The van der Waals surface area contributed by atoms with Crippen LogP contribution in [0.5, 0.6) is 0 Å². The standard InChI is InChI=1S/C14H17NO/c1-3-15-8-11-7-10(13-6-9(13)2)4-5-12(11)14(15)16/h4-5,7,9,13H,3,6,8H2,1-2H3. The number of nitrogens with zero attached hydrogens (tertiary/aromatic N) is 1. The summed E-state index contributed by atoms with van der Waals surface area (Å²) in [5, 5.41) is 0. The molecule has 0 aromatic heterocycles. The molecule has 3 rings (SSSR count). The maximum Gasteiger partial charge on any atom is 0.254 e. The van der Waals surface area contributed by atoms with E-state index in [-0.39, 0.29) is 5.91 Å². The zero-order valence-electron chi connectivity index (χ0n) is 9.86. The number of carbonyl (C=O) groups excluding carboxylic acids is 1. The van der Waals surface area contributed by atoms with Gasteiger partial charge in [0.15, 0.2) is 0 Å². The third kappa shape index (κ3) is 1.36. The minimum Gasteiger partial charge on any atom is -0.335 e. The molecule has 0 bridgehead atoms. The summed E-state index contributed by atoms with van der Waals surface area (Å²) in [5.74, 6) is 1.78. The van der Waals surface area contributed by atoms with Crippen LogP contribution < -0.4 is 0 Å². The van der Waals surface area contributed by atoms with Crippen LogP contribution in [-0.2, 0) is 6.54 Å². The molecule has 2 aliphatic rings. The first-order chi connectivity index (χ1) is 7.70. The van der Waals surface area contributed by atoms with Crippen molar-refractivity contribution in [1.82, 2.24) is 4.90 Å². The normalized spacial score (nSPS) is 27.1. The summed E-state index contributed by atoms with van der Waals surface area (Å²) in [6.07, 6.45) is 1.31. The molecule has 1 aromatic rings. The molecule has 0 radical (unpaired) electrons. The molecule has 2 nitrogen and oxygen atoms in total. The highest BCUT2D eigenvalue weighted by Gasteiger charge is 2.35. The third-order valence-corrected chi connectivity index (χ3v) is 3.93. The van der Waals surface area contributed by atoms with Crippen LogP contribution in [0.4, 0.5) is 0 Å². The van der Waals surface area contributed by atoms with E-state index in [2.05, 4.69) is 19.1 Å². The zero-order chi connectivity index (χ0) is 11.3. The van der Waals surface area contributed by atoms with E-state index >= 15 is 0 Å². The van der Waals surface area contributed by atoms with Gasteiger partial charge < -0.3 is 4.90 Å². The van der Waals surface area contributed by atoms with E-state index in [9.17, 15) is 4.79 Å². The molecule has 1 saturated carbocycles. The van der Waals surface area contributed by atoms with E-state index in [4.69, 9.17) is 0 Å². The third-order valence-electron chi connectivity index (χ3n) is 3.93. The molecule has 0 N–H and O–H groups in total. The average molecular weight is 215 g/mol. The number of amides is 1. The Morgan fingerprint density at radius 2 is 2.19 bits per heavy atom. The molecular formula is C14H17NO. The number of rotatable bonds is 2. The summed E-state index contributed by atoms with van der Waals surface area (Å²) in [5.41, 5.74) is 3.57. The van der Waals surface area contributed by atoms with Crippen molar-refractivity contribution >= 4 is 5.91 Å². The van der Waals surface area contributed by atoms with Gasteiger partial charge in [0.05, 0.1) is 0 Å². The summed E-state index contributed by atoms with van der Waals surface area (Å²) in [7, 11) is 0. The fourth-order valence-corrected chi connectivity index (χ4v) is 2.67. The van der Waals surface area contributed by atoms with Gasteiger partial charge in [-0.2, -0.15) is 0 Å². The van der Waals surface area contributed by atoms with Gasteiger partial charge in [-0.15, -0.1) is 0 Å². The van der Waals surface area contributed by atoms with Crippen LogP contribution in [0.2, 0.25) is 0 Å². The number of carbonyl (C=O) groups is 1. The van der Waals surface area contributed by atoms with Crippen molar-refractivity contribution in [3.8, 4) is 0 Å². The van der Waals surface area contributed by atoms with Crippen LogP contribution in [-0.4, -0.2) is 17.4 Å². The lowest BCUT2D eigenvalue weighted by Gasteiger charge is -2.10. The lowest BCUT2D eigenvalue weighted by Crippen LogP contribution is -2.22. The molecule has 1 heterocycles. The predicted octanol–water partition coefficient (Wildman–Crippen LogP) is 2.79. The van der Waals surface area contributed by atoms with Gasteiger partial charge in [-0.25, -0.2) is 0 Å². The SMILES string of the molecule is CCN1Cc2cc(C3CC3C)ccc2C1=O. The summed E-state index contributed by atoms with van der Waals surface area (Å²) in [4.78, 5) is 13.8. The van der Waals surface area contributed by atoms with Crippen LogP contribution in [0.1, 0.15) is 47.7 Å². The first-order valence-electron chi connectivity index (χ1n) is 6.12. The number of hydrogen-bond donors (Lipinski definition) is 0. The van der Waals surface area contributed by atoms with E-state index in [0.29, 0.717) is 0 Å². The molecule has 1 amide bonds. The molecule has 1 aromatic carbocycles. The first-order valence-corrected chi connectivity index (χ1v) is 6.12. The van der Waals surface area contributed by atoms with Gasteiger partial charge in [0.25, 0.3) is 5.91 Å². The smallest absolute Gasteiger partial charge is 0.254 e. The molecular weight excluding hydrogens is 198 g/mol. The number of hydrogen-bond acceptors (Lipinski definition) is 1. The number of benzene rings is 1. The van der Waals surface area contributed by atoms with Gasteiger partial charge in [0.1, 0.15) is 0 Å². The Morgan fingerprint density at radius 3 is 2.81 bits per heavy atom. The van der Waals surface area contributed by atoms with Crippen LogP contribution in [0.3, 0.4) is 0 Å². The van der Waals surface area contributed by atoms with Crippen LogP contribution >= 0.6 is 0 Å². The van der Waals surface area contributed by atoms with Gasteiger partial charge in [0, 0.05) is 18.7 Å². The molecule has 0 spiro atoms. The van der Waals surface area contributed by atoms with Gasteiger partial charge in [-0.05, 0) is 42.4 Å². The molecule has 2 heteroatoms. The van der Waals surface area contributed by atoms with Gasteiger partial charge in [-0.3, -0.25) is 4.79 Å². The molecule has 2 unspecified atom stereocenters. The Hall–Kier alpha value is -1.31. The maximum absolute atomic E-state index is 11.9. The van der Waals surface area contributed by atoms with Gasteiger partial charge in [-0.1, -0.05) is 19.1 Å². The molecule has 84 valence electrons. The van der Waals surface area contributed by atoms with E-state index in [1.807, 2.05) is 17.9 Å². The van der Waals surface area contributed by atoms with Gasteiger partial charge in [0.2, 0.25) is 0 Å². The van der Waals surface area contributed by atoms with Crippen molar-refractivity contribution < 1.29 is 4.79 Å². The van der Waals surface area contributed by atoms with Crippen molar-refractivity contribution in [3.05, 3.63) is 34.9 Å². The largest absolute Gasteiger partial charge is 0.335 e. The Bertz CT molecular complexity index is 452. The molecule has 16 heavy (non-hydrogen) atoms. The Labute approximate surface area is 96.3 Å². The first kappa shape index (κ1) is 9.88. The second-order valence-electron chi connectivity index (χ2n) is 5.06. The molecule has 1 fully saturated rings. The van der Waals surface area contributed by atoms with Crippen molar-refractivity contribution in [2.45, 2.75) is 32.7 Å². The topological polar surface area (TPSA) is 20.3 Å². The monoisotopic (exact) mass is 215 g/mol. The Balaban J connectivity index is 1.94. The second-order valence-corrected chi connectivity index (χ2v) is 5.06. The Kier molecular flexibility index (Phi) is 2.06. The average Bonchev–Trinajstić information content (AvgIpc) is 2.93. The lowest BCUT2D eigenvalue weighted by atomic mass is 10.0. The quantitative estimate of drug-likeness (QED) is 0.743.